The van der Waals surface area contributed by atoms with Gasteiger partial charge in [-0.1, -0.05) is 30.3 Å². The second-order valence-electron chi connectivity index (χ2n) is 5.89. The molecule has 2 aromatic rings. The number of nitrogens with one attached hydrogen (secondary N) is 2. The standard InChI is InChI=1S/C18H20N2O2/c1-11-17(21)10-20-12(2)19-9-15-5-3-4-13-6-7-14(18(11)22)8-16(13)15/h3-8,11-12,19-20H,9-10H2,1-2H3. The first-order valence-electron chi connectivity index (χ1n) is 7.61. The highest BCUT2D eigenvalue weighted by Crippen LogP contribution is 2.22. The number of carbonyl (C=O) groups excluding carboxylic acids is 2. The van der Waals surface area contributed by atoms with Crippen LogP contribution in [0.4, 0.5) is 0 Å². The topological polar surface area (TPSA) is 58.2 Å². The van der Waals surface area contributed by atoms with E-state index < -0.39 is 5.92 Å². The van der Waals surface area contributed by atoms with E-state index in [-0.39, 0.29) is 24.3 Å². The third-order valence-electron chi connectivity index (χ3n) is 4.31. The van der Waals surface area contributed by atoms with Crippen molar-refractivity contribution < 1.29 is 9.59 Å². The Morgan fingerprint density at radius 3 is 2.59 bits per heavy atom. The van der Waals surface area contributed by atoms with Gasteiger partial charge in [-0.05, 0) is 36.2 Å². The average Bonchev–Trinajstić information content (AvgIpc) is 2.55. The summed E-state index contributed by atoms with van der Waals surface area (Å²) in [5.41, 5.74) is 1.76. The van der Waals surface area contributed by atoms with Crippen LogP contribution in [0.3, 0.4) is 0 Å². The van der Waals surface area contributed by atoms with Crippen LogP contribution in [0.15, 0.2) is 36.4 Å². The predicted molar refractivity (Wildman–Crippen MR) is 86.8 cm³/mol. The molecule has 0 radical (unpaired) electrons. The van der Waals surface area contributed by atoms with Gasteiger partial charge in [-0.25, -0.2) is 0 Å². The van der Waals surface area contributed by atoms with Crippen molar-refractivity contribution in [1.82, 2.24) is 10.6 Å². The van der Waals surface area contributed by atoms with Crippen LogP contribution in [0, 0.1) is 5.92 Å². The van der Waals surface area contributed by atoms with Crippen molar-refractivity contribution in [2.24, 2.45) is 5.92 Å². The van der Waals surface area contributed by atoms with Gasteiger partial charge in [0.1, 0.15) is 0 Å². The Morgan fingerprint density at radius 2 is 1.77 bits per heavy atom. The molecule has 1 aliphatic heterocycles. The molecule has 1 aliphatic rings. The lowest BCUT2D eigenvalue weighted by Crippen LogP contribution is -2.43. The molecule has 0 fully saturated rings. The highest BCUT2D eigenvalue weighted by Gasteiger charge is 2.23. The van der Waals surface area contributed by atoms with E-state index in [1.807, 2.05) is 37.3 Å². The number of fused-ring (bicyclic) bond motifs is 1. The van der Waals surface area contributed by atoms with Gasteiger partial charge in [0, 0.05) is 12.1 Å². The van der Waals surface area contributed by atoms with Crippen molar-refractivity contribution in [3.8, 4) is 0 Å². The molecule has 2 unspecified atom stereocenters. The molecule has 1 heterocycles. The van der Waals surface area contributed by atoms with E-state index in [1.54, 1.807) is 6.92 Å². The minimum atomic E-state index is -0.622. The molecule has 0 amide bonds. The van der Waals surface area contributed by atoms with Crippen molar-refractivity contribution in [2.45, 2.75) is 26.6 Å². The fourth-order valence-corrected chi connectivity index (χ4v) is 2.78. The summed E-state index contributed by atoms with van der Waals surface area (Å²) in [6.45, 7) is 4.55. The lowest BCUT2D eigenvalue weighted by Gasteiger charge is -2.19. The van der Waals surface area contributed by atoms with Crippen LogP contribution in [0.5, 0.6) is 0 Å². The second-order valence-corrected chi connectivity index (χ2v) is 5.89. The zero-order valence-corrected chi connectivity index (χ0v) is 12.8. The summed E-state index contributed by atoms with van der Waals surface area (Å²) in [7, 11) is 0. The number of hydrogen-bond donors (Lipinski definition) is 2. The minimum absolute atomic E-state index is 0.00381. The third kappa shape index (κ3) is 2.80. The highest BCUT2D eigenvalue weighted by molar-refractivity contribution is 6.12. The Morgan fingerprint density at radius 1 is 1.00 bits per heavy atom. The molecule has 3 rings (SSSR count). The monoisotopic (exact) mass is 296 g/mol. The molecule has 2 N–H and O–H groups in total. The summed E-state index contributed by atoms with van der Waals surface area (Å²) in [5.74, 6) is -0.805. The summed E-state index contributed by atoms with van der Waals surface area (Å²) in [4.78, 5) is 24.7. The fourth-order valence-electron chi connectivity index (χ4n) is 2.78. The van der Waals surface area contributed by atoms with Gasteiger partial charge in [0.25, 0.3) is 0 Å². The van der Waals surface area contributed by atoms with Gasteiger partial charge >= 0.3 is 0 Å². The molecule has 0 saturated heterocycles. The molecule has 0 spiro atoms. The van der Waals surface area contributed by atoms with E-state index >= 15 is 0 Å². The van der Waals surface area contributed by atoms with E-state index in [9.17, 15) is 9.59 Å². The summed E-state index contributed by atoms with van der Waals surface area (Å²) >= 11 is 0. The van der Waals surface area contributed by atoms with Crippen LogP contribution in [-0.2, 0) is 11.3 Å². The number of rotatable bonds is 0. The molecule has 0 aliphatic carbocycles. The smallest absolute Gasteiger partial charge is 0.173 e. The van der Waals surface area contributed by atoms with Gasteiger partial charge in [-0.3, -0.25) is 20.2 Å². The minimum Gasteiger partial charge on any atom is -0.298 e. The SMILES string of the molecule is CC1NCC(=O)C(C)C(=O)c2ccc3cccc(c3c2)CN1. The van der Waals surface area contributed by atoms with Crippen LogP contribution < -0.4 is 10.6 Å². The van der Waals surface area contributed by atoms with Gasteiger partial charge < -0.3 is 0 Å². The quantitative estimate of drug-likeness (QED) is 0.732. The van der Waals surface area contributed by atoms with Gasteiger partial charge in [0.15, 0.2) is 11.6 Å². The van der Waals surface area contributed by atoms with Crippen molar-refractivity contribution in [1.29, 1.82) is 0 Å². The lowest BCUT2D eigenvalue weighted by molar-refractivity contribution is -0.120. The van der Waals surface area contributed by atoms with Crippen molar-refractivity contribution in [3.05, 3.63) is 47.5 Å². The Labute approximate surface area is 129 Å². The maximum atomic E-state index is 12.5. The van der Waals surface area contributed by atoms with Crippen molar-refractivity contribution in [3.63, 3.8) is 0 Å². The molecule has 2 bridgehead atoms. The Bertz CT molecular complexity index is 739. The van der Waals surface area contributed by atoms with E-state index in [1.165, 1.54) is 0 Å². The number of carbonyl (C=O) groups is 2. The first-order chi connectivity index (χ1) is 10.6. The molecule has 0 saturated carbocycles. The summed E-state index contributed by atoms with van der Waals surface area (Å²) in [6.07, 6.45) is 0.00381. The van der Waals surface area contributed by atoms with Gasteiger partial charge in [0.05, 0.1) is 18.6 Å². The molecule has 4 nitrogen and oxygen atoms in total. The van der Waals surface area contributed by atoms with Crippen LogP contribution >= 0.6 is 0 Å². The first-order valence-corrected chi connectivity index (χ1v) is 7.61. The van der Waals surface area contributed by atoms with Gasteiger partial charge in [-0.15, -0.1) is 0 Å². The molecule has 114 valence electrons. The van der Waals surface area contributed by atoms with Gasteiger partial charge in [0.2, 0.25) is 0 Å². The largest absolute Gasteiger partial charge is 0.298 e. The second kappa shape index (κ2) is 5.99. The van der Waals surface area contributed by atoms with Gasteiger partial charge in [-0.2, -0.15) is 0 Å². The predicted octanol–water partition coefficient (Wildman–Crippen LogP) is 2.27. The van der Waals surface area contributed by atoms with E-state index in [0.29, 0.717) is 12.1 Å². The molecule has 2 aromatic carbocycles. The maximum absolute atomic E-state index is 12.5. The number of benzene rings is 2. The first kappa shape index (κ1) is 14.9. The van der Waals surface area contributed by atoms with Crippen LogP contribution in [0.25, 0.3) is 10.8 Å². The molecular weight excluding hydrogens is 276 g/mol. The summed E-state index contributed by atoms with van der Waals surface area (Å²) < 4.78 is 0. The number of Topliss-reactive ketones (excluding diaryl/α,β-unsaturated/α-hetero) is 2. The molecule has 0 aromatic heterocycles. The molecule has 2 atom stereocenters. The van der Waals surface area contributed by atoms with Crippen LogP contribution in [0.1, 0.15) is 29.8 Å². The molecule has 4 heteroatoms. The number of ketones is 2. The third-order valence-corrected chi connectivity index (χ3v) is 4.31. The zero-order valence-electron chi connectivity index (χ0n) is 12.8. The number of hydrogen-bond acceptors (Lipinski definition) is 4. The normalized spacial score (nSPS) is 23.4. The molecule has 22 heavy (non-hydrogen) atoms. The fraction of sp³-hybridized carbons (Fsp3) is 0.333. The average molecular weight is 296 g/mol. The zero-order chi connectivity index (χ0) is 15.7. The van der Waals surface area contributed by atoms with E-state index in [4.69, 9.17) is 0 Å². The summed E-state index contributed by atoms with van der Waals surface area (Å²) in [5, 5.41) is 8.66. The summed E-state index contributed by atoms with van der Waals surface area (Å²) in [6, 6.07) is 11.8. The van der Waals surface area contributed by atoms with Crippen molar-refractivity contribution in [2.75, 3.05) is 6.54 Å². The highest BCUT2D eigenvalue weighted by atomic mass is 16.2. The van der Waals surface area contributed by atoms with Crippen LogP contribution in [0.2, 0.25) is 0 Å². The van der Waals surface area contributed by atoms with Crippen molar-refractivity contribution >= 4 is 22.3 Å². The van der Waals surface area contributed by atoms with E-state index in [0.717, 1.165) is 16.3 Å². The Hall–Kier alpha value is -2.04. The lowest BCUT2D eigenvalue weighted by atomic mass is 9.92. The maximum Gasteiger partial charge on any atom is 0.173 e. The van der Waals surface area contributed by atoms with E-state index in [2.05, 4.69) is 16.7 Å². The van der Waals surface area contributed by atoms with Crippen LogP contribution in [-0.4, -0.2) is 24.3 Å². The Kier molecular flexibility index (Phi) is 4.05. The Balaban J connectivity index is 2.12. The molecular formula is C18H20N2O2.